The van der Waals surface area contributed by atoms with Crippen LogP contribution in [0.25, 0.3) is 0 Å². The molecule has 0 saturated carbocycles. The Kier molecular flexibility index (Phi) is 5.71. The lowest BCUT2D eigenvalue weighted by molar-refractivity contribution is 0.0496. The number of ether oxygens (including phenoxy) is 1. The zero-order chi connectivity index (χ0) is 14.3. The molecule has 1 rings (SSSR count). The summed E-state index contributed by atoms with van der Waals surface area (Å²) in [6.45, 7) is 6.45. The number of amides is 1. The molecule has 0 fully saturated rings. The van der Waals surface area contributed by atoms with Crippen LogP contribution in [-0.2, 0) is 17.8 Å². The maximum absolute atomic E-state index is 11.3. The molecule has 1 heterocycles. The number of hydrogen-bond acceptors (Lipinski definition) is 6. The van der Waals surface area contributed by atoms with Gasteiger partial charge in [0.05, 0.1) is 12.2 Å². The number of rotatable bonds is 6. The predicted molar refractivity (Wildman–Crippen MR) is 67.9 cm³/mol. The molecule has 1 aromatic rings. The highest BCUT2D eigenvalue weighted by atomic mass is 16.6. The van der Waals surface area contributed by atoms with E-state index in [-0.39, 0.29) is 6.61 Å². The second-order valence-corrected chi connectivity index (χ2v) is 5.03. The average Bonchev–Trinajstić information content (AvgIpc) is 2.72. The van der Waals surface area contributed by atoms with Crippen molar-refractivity contribution in [1.29, 1.82) is 0 Å². The van der Waals surface area contributed by atoms with E-state index in [1.807, 2.05) is 0 Å². The summed E-state index contributed by atoms with van der Waals surface area (Å²) in [5, 5.41) is 16.5. The first-order chi connectivity index (χ1) is 8.90. The molecule has 8 heteroatoms. The van der Waals surface area contributed by atoms with Gasteiger partial charge in [0.2, 0.25) is 0 Å². The van der Waals surface area contributed by atoms with Crippen LogP contribution in [0, 0.1) is 0 Å². The van der Waals surface area contributed by atoms with Crippen molar-refractivity contribution in [2.24, 2.45) is 0 Å². The Morgan fingerprint density at radius 3 is 2.89 bits per heavy atom. The first-order valence-electron chi connectivity index (χ1n) is 6.12. The molecule has 3 N–H and O–H groups in total. The number of hydrogen-bond donors (Lipinski definition) is 3. The molecule has 1 aromatic heterocycles. The van der Waals surface area contributed by atoms with Gasteiger partial charge in [0.1, 0.15) is 5.60 Å². The third-order valence-electron chi connectivity index (χ3n) is 1.99. The zero-order valence-corrected chi connectivity index (χ0v) is 11.5. The van der Waals surface area contributed by atoms with Gasteiger partial charge in [-0.05, 0) is 27.2 Å². The summed E-state index contributed by atoms with van der Waals surface area (Å²) in [5.41, 5.74) is 5.28. The Labute approximate surface area is 112 Å². The largest absolute Gasteiger partial charge is 0.443 e. The monoisotopic (exact) mass is 271 g/mol. The minimum Gasteiger partial charge on any atom is -0.443 e. The van der Waals surface area contributed by atoms with Gasteiger partial charge in [-0.3, -0.25) is 10.1 Å². The molecule has 0 bridgehead atoms. The summed E-state index contributed by atoms with van der Waals surface area (Å²) < 4.78 is 6.69. The van der Waals surface area contributed by atoms with Crippen molar-refractivity contribution in [3.8, 4) is 0 Å². The second kappa shape index (κ2) is 7.05. The fourth-order valence-electron chi connectivity index (χ4n) is 1.27. The molecular formula is C11H21N5O3. The number of nitrogens with one attached hydrogen (secondary N) is 2. The molecule has 0 aliphatic heterocycles. The van der Waals surface area contributed by atoms with Crippen LogP contribution in [0.5, 0.6) is 0 Å². The molecule has 1 amide bonds. The summed E-state index contributed by atoms with van der Waals surface area (Å²) in [7, 11) is 0. The quantitative estimate of drug-likeness (QED) is 0.638. The van der Waals surface area contributed by atoms with Crippen molar-refractivity contribution in [3.63, 3.8) is 0 Å². The number of nitrogens with zero attached hydrogens (tertiary/aromatic N) is 3. The van der Waals surface area contributed by atoms with E-state index in [1.54, 1.807) is 31.6 Å². The number of aliphatic hydroxyl groups is 1. The Balaban J connectivity index is 2.25. The van der Waals surface area contributed by atoms with Gasteiger partial charge in [0.15, 0.2) is 0 Å². The molecule has 0 unspecified atom stereocenters. The average molecular weight is 271 g/mol. The van der Waals surface area contributed by atoms with Gasteiger partial charge in [-0.25, -0.2) is 10.2 Å². The van der Waals surface area contributed by atoms with Crippen molar-refractivity contribution in [1.82, 2.24) is 25.8 Å². The number of aryl methyl sites for hydroxylation is 1. The number of hydrazine groups is 1. The van der Waals surface area contributed by atoms with E-state index in [2.05, 4.69) is 21.2 Å². The van der Waals surface area contributed by atoms with Crippen molar-refractivity contribution in [2.45, 2.75) is 45.9 Å². The molecule has 108 valence electrons. The maximum atomic E-state index is 11.3. The van der Waals surface area contributed by atoms with Crippen LogP contribution in [0.2, 0.25) is 0 Å². The van der Waals surface area contributed by atoms with Crippen LogP contribution >= 0.6 is 0 Å². The van der Waals surface area contributed by atoms with Crippen LogP contribution < -0.4 is 10.9 Å². The third kappa shape index (κ3) is 6.73. The zero-order valence-electron chi connectivity index (χ0n) is 11.5. The van der Waals surface area contributed by atoms with E-state index in [1.165, 1.54) is 0 Å². The highest BCUT2D eigenvalue weighted by molar-refractivity contribution is 5.66. The van der Waals surface area contributed by atoms with Gasteiger partial charge in [0, 0.05) is 19.3 Å². The SMILES string of the molecule is CC(C)(C)OC(=O)NNCc1cn(CCCO)nn1. The van der Waals surface area contributed by atoms with Gasteiger partial charge in [-0.2, -0.15) is 0 Å². The Hall–Kier alpha value is -1.67. The van der Waals surface area contributed by atoms with Gasteiger partial charge in [-0.15, -0.1) is 5.10 Å². The van der Waals surface area contributed by atoms with E-state index in [4.69, 9.17) is 9.84 Å². The highest BCUT2D eigenvalue weighted by Gasteiger charge is 2.15. The molecule has 19 heavy (non-hydrogen) atoms. The summed E-state index contributed by atoms with van der Waals surface area (Å²) in [4.78, 5) is 11.3. The number of aromatic nitrogens is 3. The normalized spacial score (nSPS) is 11.4. The summed E-state index contributed by atoms with van der Waals surface area (Å²) in [6.07, 6.45) is 1.84. The Bertz CT molecular complexity index is 399. The van der Waals surface area contributed by atoms with Gasteiger partial charge >= 0.3 is 6.09 Å². The smallest absolute Gasteiger partial charge is 0.422 e. The molecular weight excluding hydrogens is 250 g/mol. The van der Waals surface area contributed by atoms with E-state index in [0.717, 1.165) is 0 Å². The number of carbonyl (C=O) groups excluding carboxylic acids is 1. The molecule has 0 aromatic carbocycles. The van der Waals surface area contributed by atoms with Gasteiger partial charge in [-0.1, -0.05) is 5.21 Å². The third-order valence-corrected chi connectivity index (χ3v) is 1.99. The first kappa shape index (κ1) is 15.4. The van der Waals surface area contributed by atoms with E-state index in [0.29, 0.717) is 25.2 Å². The maximum Gasteiger partial charge on any atom is 0.422 e. The van der Waals surface area contributed by atoms with Crippen molar-refractivity contribution in [2.75, 3.05) is 6.61 Å². The van der Waals surface area contributed by atoms with E-state index in [9.17, 15) is 4.79 Å². The minimum atomic E-state index is -0.542. The molecule has 0 atom stereocenters. The lowest BCUT2D eigenvalue weighted by Crippen LogP contribution is -2.40. The summed E-state index contributed by atoms with van der Waals surface area (Å²) in [5.74, 6) is 0. The van der Waals surface area contributed by atoms with Crippen LogP contribution in [0.1, 0.15) is 32.9 Å². The topological polar surface area (TPSA) is 101 Å². The molecule has 0 saturated heterocycles. The number of aliphatic hydroxyl groups excluding tert-OH is 1. The van der Waals surface area contributed by atoms with Crippen molar-refractivity contribution < 1.29 is 14.6 Å². The molecule has 8 nitrogen and oxygen atoms in total. The highest BCUT2D eigenvalue weighted by Crippen LogP contribution is 2.05. The fourth-order valence-corrected chi connectivity index (χ4v) is 1.27. The van der Waals surface area contributed by atoms with E-state index >= 15 is 0 Å². The Morgan fingerprint density at radius 2 is 2.26 bits per heavy atom. The van der Waals surface area contributed by atoms with Gasteiger partial charge in [0.25, 0.3) is 0 Å². The standard InChI is InChI=1S/C11H21N5O3/c1-11(2,3)19-10(18)14-12-7-9-8-16(15-13-9)5-4-6-17/h8,12,17H,4-7H2,1-3H3,(H,14,18). The lowest BCUT2D eigenvalue weighted by atomic mass is 10.2. The summed E-state index contributed by atoms with van der Waals surface area (Å²) >= 11 is 0. The predicted octanol–water partition coefficient (Wildman–Crippen LogP) is 0.190. The molecule has 0 aliphatic rings. The molecule has 0 aliphatic carbocycles. The minimum absolute atomic E-state index is 0.119. The fraction of sp³-hybridized carbons (Fsp3) is 0.727. The molecule has 0 radical (unpaired) electrons. The summed E-state index contributed by atoms with van der Waals surface area (Å²) in [6, 6.07) is 0. The lowest BCUT2D eigenvalue weighted by Gasteiger charge is -2.19. The van der Waals surface area contributed by atoms with E-state index < -0.39 is 11.7 Å². The molecule has 0 spiro atoms. The van der Waals surface area contributed by atoms with Crippen LogP contribution in [0.3, 0.4) is 0 Å². The van der Waals surface area contributed by atoms with Gasteiger partial charge < -0.3 is 9.84 Å². The second-order valence-electron chi connectivity index (χ2n) is 5.03. The Morgan fingerprint density at radius 1 is 1.53 bits per heavy atom. The first-order valence-corrected chi connectivity index (χ1v) is 6.12. The van der Waals surface area contributed by atoms with Crippen LogP contribution in [0.15, 0.2) is 6.20 Å². The van der Waals surface area contributed by atoms with Crippen LogP contribution in [-0.4, -0.2) is 38.4 Å². The van der Waals surface area contributed by atoms with Crippen molar-refractivity contribution in [3.05, 3.63) is 11.9 Å². The van der Waals surface area contributed by atoms with Crippen molar-refractivity contribution >= 4 is 6.09 Å². The number of carbonyl (C=O) groups is 1. The van der Waals surface area contributed by atoms with Crippen LogP contribution in [0.4, 0.5) is 4.79 Å².